The maximum Gasteiger partial charge on any atom is 0.260 e. The minimum Gasteiger partial charge on any atom is -0.483 e. The molecule has 0 radical (unpaired) electrons. The number of carbonyl (C=O) groups excluding carboxylic acids is 1. The fourth-order valence-electron chi connectivity index (χ4n) is 2.10. The fraction of sp³-hybridized carbons (Fsp3) is 0.500. The molecular weight excluding hydrogens is 308 g/mol. The van der Waals surface area contributed by atoms with Gasteiger partial charge in [-0.15, -0.1) is 0 Å². The maximum absolute atomic E-state index is 12.1. The minimum absolute atomic E-state index is 0.0518. The molecule has 0 spiro atoms. The van der Waals surface area contributed by atoms with Gasteiger partial charge in [-0.25, -0.2) is 0 Å². The van der Waals surface area contributed by atoms with E-state index in [4.69, 9.17) is 10.5 Å². The predicted molar refractivity (Wildman–Crippen MR) is 77.9 cm³/mol. The summed E-state index contributed by atoms with van der Waals surface area (Å²) in [4.78, 5) is 13.9. The second-order valence-corrected chi connectivity index (χ2v) is 5.57. The molecule has 1 aliphatic carbocycles. The molecule has 0 aromatic heterocycles. The Kier molecular flexibility index (Phi) is 4.82. The lowest BCUT2D eigenvalue weighted by atomic mass is 10.2. The normalized spacial score (nSPS) is 14.3. The first-order chi connectivity index (χ1) is 9.15. The van der Waals surface area contributed by atoms with Gasteiger partial charge in [0.1, 0.15) is 5.75 Å². The van der Waals surface area contributed by atoms with Crippen LogP contribution in [0.3, 0.4) is 0 Å². The van der Waals surface area contributed by atoms with Crippen LogP contribution in [0, 0.1) is 0 Å². The van der Waals surface area contributed by atoms with Crippen molar-refractivity contribution >= 4 is 21.8 Å². The molecule has 0 atom stereocenters. The molecule has 1 fully saturated rings. The number of benzene rings is 1. The monoisotopic (exact) mass is 326 g/mol. The molecule has 19 heavy (non-hydrogen) atoms. The van der Waals surface area contributed by atoms with Crippen LogP contribution < -0.4 is 10.5 Å². The quantitative estimate of drug-likeness (QED) is 0.872. The lowest BCUT2D eigenvalue weighted by molar-refractivity contribution is -0.133. The molecule has 0 unspecified atom stereocenters. The average Bonchev–Trinajstić information content (AvgIpc) is 3.22. The predicted octanol–water partition coefficient (Wildman–Crippen LogP) is 2.30. The molecule has 5 heteroatoms. The number of rotatable bonds is 6. The Morgan fingerprint density at radius 2 is 2.26 bits per heavy atom. The number of nitrogens with two attached hydrogens (primary N) is 1. The average molecular weight is 327 g/mol. The van der Waals surface area contributed by atoms with Gasteiger partial charge in [0, 0.05) is 29.2 Å². The van der Waals surface area contributed by atoms with E-state index in [9.17, 15) is 4.79 Å². The lowest BCUT2D eigenvalue weighted by Gasteiger charge is -2.20. The highest BCUT2D eigenvalue weighted by Gasteiger charge is 2.31. The van der Waals surface area contributed by atoms with Gasteiger partial charge in [-0.05, 0) is 38.0 Å². The van der Waals surface area contributed by atoms with Crippen LogP contribution in [0.2, 0.25) is 0 Å². The first-order valence-corrected chi connectivity index (χ1v) is 7.35. The number of hydrogen-bond acceptors (Lipinski definition) is 3. The zero-order valence-electron chi connectivity index (χ0n) is 11.1. The van der Waals surface area contributed by atoms with E-state index in [0.717, 1.165) is 29.4 Å². The second kappa shape index (κ2) is 6.39. The van der Waals surface area contributed by atoms with Crippen molar-refractivity contribution in [2.75, 3.05) is 13.2 Å². The van der Waals surface area contributed by atoms with Crippen LogP contribution in [0.5, 0.6) is 5.75 Å². The Balaban J connectivity index is 1.96. The van der Waals surface area contributed by atoms with Crippen molar-refractivity contribution < 1.29 is 9.53 Å². The molecule has 4 nitrogen and oxygen atoms in total. The van der Waals surface area contributed by atoms with E-state index in [1.807, 2.05) is 30.0 Å². The number of hydrogen-bond donors (Lipinski definition) is 1. The Labute approximate surface area is 122 Å². The van der Waals surface area contributed by atoms with E-state index < -0.39 is 0 Å². The van der Waals surface area contributed by atoms with Crippen molar-refractivity contribution in [3.63, 3.8) is 0 Å². The molecule has 1 aromatic rings. The molecule has 1 amide bonds. The van der Waals surface area contributed by atoms with Crippen molar-refractivity contribution in [2.24, 2.45) is 5.73 Å². The summed E-state index contributed by atoms with van der Waals surface area (Å²) in [6, 6.07) is 6.07. The first kappa shape index (κ1) is 14.3. The van der Waals surface area contributed by atoms with Gasteiger partial charge in [-0.2, -0.15) is 0 Å². The SMILES string of the molecule is CCN(C(=O)COc1ccc(Br)cc1CN)C1CC1. The summed E-state index contributed by atoms with van der Waals surface area (Å²) in [7, 11) is 0. The van der Waals surface area contributed by atoms with Crippen molar-refractivity contribution in [1.29, 1.82) is 0 Å². The molecule has 1 aliphatic rings. The van der Waals surface area contributed by atoms with Crippen molar-refractivity contribution in [3.05, 3.63) is 28.2 Å². The van der Waals surface area contributed by atoms with E-state index in [1.165, 1.54) is 0 Å². The topological polar surface area (TPSA) is 55.6 Å². The van der Waals surface area contributed by atoms with E-state index in [-0.39, 0.29) is 12.5 Å². The Hall–Kier alpha value is -1.07. The van der Waals surface area contributed by atoms with Gasteiger partial charge in [-0.1, -0.05) is 15.9 Å². The number of carbonyl (C=O) groups is 1. The number of amides is 1. The summed E-state index contributed by atoms with van der Waals surface area (Å²) in [5.74, 6) is 0.738. The number of likely N-dealkylation sites (N-methyl/N-ethyl adjacent to an activating group) is 1. The molecule has 1 saturated carbocycles. The van der Waals surface area contributed by atoms with E-state index in [0.29, 0.717) is 18.3 Å². The maximum atomic E-state index is 12.1. The number of ether oxygens (including phenoxy) is 1. The lowest BCUT2D eigenvalue weighted by Crippen LogP contribution is -2.36. The Bertz CT molecular complexity index is 461. The zero-order valence-corrected chi connectivity index (χ0v) is 12.6. The third-order valence-corrected chi connectivity index (χ3v) is 3.74. The number of nitrogens with zero attached hydrogens (tertiary/aromatic N) is 1. The zero-order chi connectivity index (χ0) is 13.8. The molecule has 1 aromatic carbocycles. The van der Waals surface area contributed by atoms with Crippen LogP contribution in [-0.2, 0) is 11.3 Å². The summed E-state index contributed by atoms with van der Waals surface area (Å²) in [5, 5.41) is 0. The van der Waals surface area contributed by atoms with Gasteiger partial charge in [0.25, 0.3) is 5.91 Å². The molecule has 104 valence electrons. The third-order valence-electron chi connectivity index (χ3n) is 3.24. The summed E-state index contributed by atoms with van der Waals surface area (Å²) >= 11 is 3.39. The third kappa shape index (κ3) is 3.70. The van der Waals surface area contributed by atoms with Crippen LogP contribution in [0.15, 0.2) is 22.7 Å². The molecule has 0 aliphatic heterocycles. The van der Waals surface area contributed by atoms with Gasteiger partial charge < -0.3 is 15.4 Å². The van der Waals surface area contributed by atoms with Gasteiger partial charge in [0.15, 0.2) is 6.61 Å². The van der Waals surface area contributed by atoms with E-state index in [1.54, 1.807) is 0 Å². The van der Waals surface area contributed by atoms with Crippen LogP contribution in [0.1, 0.15) is 25.3 Å². The van der Waals surface area contributed by atoms with Crippen molar-refractivity contribution in [1.82, 2.24) is 4.90 Å². The van der Waals surface area contributed by atoms with Crippen LogP contribution in [0.25, 0.3) is 0 Å². The minimum atomic E-state index is 0.0518. The van der Waals surface area contributed by atoms with Crippen molar-refractivity contribution in [2.45, 2.75) is 32.4 Å². The van der Waals surface area contributed by atoms with Crippen LogP contribution in [-0.4, -0.2) is 30.0 Å². The first-order valence-electron chi connectivity index (χ1n) is 6.56. The van der Waals surface area contributed by atoms with E-state index in [2.05, 4.69) is 15.9 Å². The largest absolute Gasteiger partial charge is 0.483 e. The highest BCUT2D eigenvalue weighted by atomic mass is 79.9. The Morgan fingerprint density at radius 1 is 1.53 bits per heavy atom. The van der Waals surface area contributed by atoms with Crippen LogP contribution in [0.4, 0.5) is 0 Å². The Morgan fingerprint density at radius 3 is 2.84 bits per heavy atom. The smallest absolute Gasteiger partial charge is 0.260 e. The standard InChI is InChI=1S/C14H19BrN2O2/c1-2-17(12-4-5-12)14(18)9-19-13-6-3-11(15)7-10(13)8-16/h3,6-7,12H,2,4-5,8-9,16H2,1H3. The molecule has 0 heterocycles. The molecular formula is C14H19BrN2O2. The van der Waals surface area contributed by atoms with Gasteiger partial charge in [0.2, 0.25) is 0 Å². The number of halogens is 1. The molecule has 0 bridgehead atoms. The molecule has 2 rings (SSSR count). The summed E-state index contributed by atoms with van der Waals surface area (Å²) in [6.07, 6.45) is 2.23. The highest BCUT2D eigenvalue weighted by molar-refractivity contribution is 9.10. The fourth-order valence-corrected chi connectivity index (χ4v) is 2.50. The molecule has 0 saturated heterocycles. The molecule has 2 N–H and O–H groups in total. The van der Waals surface area contributed by atoms with Gasteiger partial charge in [-0.3, -0.25) is 4.79 Å². The summed E-state index contributed by atoms with van der Waals surface area (Å²) in [6.45, 7) is 3.22. The van der Waals surface area contributed by atoms with E-state index >= 15 is 0 Å². The van der Waals surface area contributed by atoms with Crippen LogP contribution >= 0.6 is 15.9 Å². The summed E-state index contributed by atoms with van der Waals surface area (Å²) in [5.41, 5.74) is 6.57. The highest BCUT2D eigenvalue weighted by Crippen LogP contribution is 2.27. The van der Waals surface area contributed by atoms with Crippen molar-refractivity contribution in [3.8, 4) is 5.75 Å². The van der Waals surface area contributed by atoms with Gasteiger partial charge in [0.05, 0.1) is 0 Å². The van der Waals surface area contributed by atoms with Gasteiger partial charge >= 0.3 is 0 Å². The second-order valence-electron chi connectivity index (χ2n) is 4.66. The summed E-state index contributed by atoms with van der Waals surface area (Å²) < 4.78 is 6.57.